The van der Waals surface area contributed by atoms with Gasteiger partial charge in [0.05, 0.1) is 42.0 Å². The van der Waals surface area contributed by atoms with E-state index in [0.717, 1.165) is 66.7 Å². The van der Waals surface area contributed by atoms with E-state index in [1.54, 1.807) is 0 Å². The molecule has 3 N–H and O–H groups in total. The molecule has 0 amide bonds. The van der Waals surface area contributed by atoms with Crippen LogP contribution in [0.2, 0.25) is 0 Å². The van der Waals surface area contributed by atoms with Gasteiger partial charge >= 0.3 is 0 Å². The third-order valence-electron chi connectivity index (χ3n) is 11.7. The van der Waals surface area contributed by atoms with Gasteiger partial charge in [-0.05, 0) is 112 Å². The minimum absolute atomic E-state index is 0.0127. The van der Waals surface area contributed by atoms with Crippen LogP contribution >= 0.6 is 11.3 Å². The maximum atomic E-state index is 14.3. The summed E-state index contributed by atoms with van der Waals surface area (Å²) >= 11 is 1.51. The number of fused-ring (bicyclic) bond motifs is 8. The lowest BCUT2D eigenvalue weighted by Crippen LogP contribution is -2.55. The Labute approximate surface area is 308 Å². The first-order valence-electron chi connectivity index (χ1n) is 19.0. The number of carbonyl (C=O) groups excluding carboxylic acids is 1. The molecule has 2 fully saturated rings. The van der Waals surface area contributed by atoms with Crippen molar-refractivity contribution in [3.8, 4) is 0 Å². The molecule has 0 radical (unpaired) electrons. The van der Waals surface area contributed by atoms with Crippen LogP contribution in [0.25, 0.3) is 0 Å². The minimum Gasteiger partial charge on any atom is -0.393 e. The number of aliphatic hydroxyl groups is 3. The highest BCUT2D eigenvalue weighted by atomic mass is 32.1. The molecule has 51 heavy (non-hydrogen) atoms. The predicted octanol–water partition coefficient (Wildman–Crippen LogP) is 7.38. The Hall–Kier alpha value is -2.69. The lowest BCUT2D eigenvalue weighted by molar-refractivity contribution is -0.0961. The number of carbonyl (C=O) groups is 1. The Morgan fingerprint density at radius 3 is 2.65 bits per heavy atom. The molecule has 7 nitrogen and oxygen atoms in total. The minimum atomic E-state index is -1.07. The number of ketones is 1. The van der Waals surface area contributed by atoms with Crippen LogP contribution in [0.15, 0.2) is 72.3 Å². The molecule has 276 valence electrons. The van der Waals surface area contributed by atoms with E-state index in [1.807, 2.05) is 55.5 Å². The topological polar surface area (TPSA) is 99.5 Å². The molecule has 3 aliphatic carbocycles. The van der Waals surface area contributed by atoms with Crippen LogP contribution in [-0.2, 0) is 22.5 Å². The zero-order valence-electron chi connectivity index (χ0n) is 30.7. The zero-order valence-corrected chi connectivity index (χ0v) is 31.5. The van der Waals surface area contributed by atoms with Gasteiger partial charge in [0, 0.05) is 42.1 Å². The maximum Gasteiger partial charge on any atom is 0.203 e. The number of ether oxygens (including phenoxy) is 2. The molecule has 2 aromatic carbocycles. The lowest BCUT2D eigenvalue weighted by Gasteiger charge is -2.46. The number of benzene rings is 2. The fourth-order valence-corrected chi connectivity index (χ4v) is 9.60. The van der Waals surface area contributed by atoms with Gasteiger partial charge in [-0.1, -0.05) is 61.0 Å². The number of rotatable bonds is 12. The Morgan fingerprint density at radius 2 is 1.90 bits per heavy atom. The van der Waals surface area contributed by atoms with Crippen molar-refractivity contribution in [1.82, 2.24) is 4.90 Å². The standard InChI is InChI=1S/C43H57NO6S/c1-30-9-7-20-42(3)39(37-17-15-33(23-34(45)16-13-30)24-38(37)41(47)40-18-14-31(2)51-40)19-21-43(42,48)29-44(26-36-12-8-22-50-36)25-35(46)28-49-27-32-10-5-4-6-11-32/h4-6,9-11,14-15,17-18,24,34-36,39,45-46,48H,7-8,12-13,16,19-23,25-29H2,1-3H3. The second-order valence-corrected chi connectivity index (χ2v) is 17.0. The molecular weight excluding hydrogens is 659 g/mol. The first-order chi connectivity index (χ1) is 24.5. The third-order valence-corrected chi connectivity index (χ3v) is 12.7. The van der Waals surface area contributed by atoms with Crippen LogP contribution in [0.5, 0.6) is 0 Å². The highest BCUT2D eigenvalue weighted by Crippen LogP contribution is 2.59. The smallest absolute Gasteiger partial charge is 0.203 e. The van der Waals surface area contributed by atoms with Gasteiger partial charge in [0.2, 0.25) is 5.78 Å². The molecule has 0 spiro atoms. The molecule has 2 heterocycles. The average Bonchev–Trinajstić information content (AvgIpc) is 3.84. The van der Waals surface area contributed by atoms with E-state index in [9.17, 15) is 20.1 Å². The van der Waals surface area contributed by atoms with Crippen molar-refractivity contribution in [2.45, 2.75) is 115 Å². The lowest BCUT2D eigenvalue weighted by atomic mass is 9.64. The molecule has 6 atom stereocenters. The summed E-state index contributed by atoms with van der Waals surface area (Å²) < 4.78 is 12.0. The van der Waals surface area contributed by atoms with Crippen LogP contribution in [0.4, 0.5) is 0 Å². The Balaban J connectivity index is 1.30. The molecule has 1 saturated carbocycles. The number of allylic oxidation sites excluding steroid dienone is 2. The van der Waals surface area contributed by atoms with E-state index in [0.29, 0.717) is 55.9 Å². The normalized spacial score (nSPS) is 27.7. The molecule has 6 unspecified atom stereocenters. The van der Waals surface area contributed by atoms with Crippen LogP contribution in [0.1, 0.15) is 108 Å². The summed E-state index contributed by atoms with van der Waals surface area (Å²) in [5, 5.41) is 35.2. The summed E-state index contributed by atoms with van der Waals surface area (Å²) in [4.78, 5) is 18.3. The molecule has 3 aromatic rings. The predicted molar refractivity (Wildman–Crippen MR) is 203 cm³/mol. The van der Waals surface area contributed by atoms with Crippen LogP contribution in [-0.4, -0.2) is 82.8 Å². The zero-order chi connectivity index (χ0) is 36.0. The number of aryl methyl sites for hydroxylation is 1. The van der Waals surface area contributed by atoms with Gasteiger partial charge in [-0.25, -0.2) is 0 Å². The maximum absolute atomic E-state index is 14.3. The molecule has 8 heteroatoms. The monoisotopic (exact) mass is 715 g/mol. The molecule has 7 rings (SSSR count). The van der Waals surface area contributed by atoms with Gasteiger partial charge in [0.15, 0.2) is 0 Å². The second-order valence-electron chi connectivity index (χ2n) is 15.7. The molecule has 1 aliphatic heterocycles. The Kier molecular flexibility index (Phi) is 12.7. The first-order valence-corrected chi connectivity index (χ1v) is 19.8. The van der Waals surface area contributed by atoms with Gasteiger partial charge in [-0.15, -0.1) is 11.3 Å². The Bertz CT molecular complexity index is 1630. The van der Waals surface area contributed by atoms with Gasteiger partial charge < -0.3 is 24.8 Å². The second kappa shape index (κ2) is 17.0. The van der Waals surface area contributed by atoms with Crippen LogP contribution in [0.3, 0.4) is 0 Å². The average molecular weight is 716 g/mol. The number of hydrogen-bond donors (Lipinski definition) is 3. The highest BCUT2D eigenvalue weighted by Gasteiger charge is 2.57. The van der Waals surface area contributed by atoms with E-state index in [2.05, 4.69) is 37.0 Å². The van der Waals surface area contributed by atoms with Crippen LogP contribution < -0.4 is 0 Å². The van der Waals surface area contributed by atoms with E-state index >= 15 is 0 Å². The van der Waals surface area contributed by atoms with Crippen molar-refractivity contribution in [3.63, 3.8) is 0 Å². The summed E-state index contributed by atoms with van der Waals surface area (Å²) in [5.41, 5.74) is 3.32. The van der Waals surface area contributed by atoms with Gasteiger partial charge in [-0.2, -0.15) is 0 Å². The van der Waals surface area contributed by atoms with Crippen molar-refractivity contribution < 1.29 is 29.6 Å². The molecule has 2 bridgehead atoms. The highest BCUT2D eigenvalue weighted by molar-refractivity contribution is 7.14. The number of hydrogen-bond acceptors (Lipinski definition) is 8. The first kappa shape index (κ1) is 38.0. The van der Waals surface area contributed by atoms with Crippen molar-refractivity contribution >= 4 is 17.1 Å². The quantitative estimate of drug-likeness (QED) is 0.133. The Morgan fingerprint density at radius 1 is 1.08 bits per heavy atom. The van der Waals surface area contributed by atoms with Crippen molar-refractivity contribution in [2.75, 3.05) is 32.8 Å². The van der Waals surface area contributed by atoms with Gasteiger partial charge in [0.1, 0.15) is 0 Å². The number of nitrogens with zero attached hydrogens (tertiary/aromatic N) is 1. The number of thiophene rings is 1. The molecule has 1 saturated heterocycles. The van der Waals surface area contributed by atoms with E-state index in [4.69, 9.17) is 9.47 Å². The summed E-state index contributed by atoms with van der Waals surface area (Å²) in [5.74, 6) is -0.0412. The fraction of sp³-hybridized carbons (Fsp3) is 0.558. The van der Waals surface area contributed by atoms with E-state index in [-0.39, 0.29) is 24.4 Å². The van der Waals surface area contributed by atoms with Crippen LogP contribution in [0, 0.1) is 12.3 Å². The van der Waals surface area contributed by atoms with E-state index < -0.39 is 23.2 Å². The summed E-state index contributed by atoms with van der Waals surface area (Å²) in [6.07, 6.45) is 7.97. The fourth-order valence-electron chi connectivity index (χ4n) is 8.77. The van der Waals surface area contributed by atoms with Crippen molar-refractivity contribution in [2.24, 2.45) is 5.41 Å². The van der Waals surface area contributed by atoms with Crippen molar-refractivity contribution in [3.05, 3.63) is 104 Å². The largest absolute Gasteiger partial charge is 0.393 e. The molecular formula is C43H57NO6S. The van der Waals surface area contributed by atoms with Gasteiger partial charge in [-0.3, -0.25) is 9.69 Å². The summed E-state index contributed by atoms with van der Waals surface area (Å²) in [6, 6.07) is 20.1. The van der Waals surface area contributed by atoms with Gasteiger partial charge in [0.25, 0.3) is 0 Å². The summed E-state index contributed by atoms with van der Waals surface area (Å²) in [6.45, 7) is 9.16. The SMILES string of the molecule is CC1=CCCC2(C)C(CCC2(O)CN(CC(O)COCc2ccccc2)CC2CCCO2)c2ccc(cc2C(=O)c2ccc(C)s2)CC(O)CC1. The molecule has 1 aromatic heterocycles. The molecule has 4 aliphatic rings. The summed E-state index contributed by atoms with van der Waals surface area (Å²) in [7, 11) is 0. The third kappa shape index (κ3) is 9.28. The number of aliphatic hydroxyl groups excluding tert-OH is 2. The van der Waals surface area contributed by atoms with Crippen molar-refractivity contribution in [1.29, 1.82) is 0 Å². The van der Waals surface area contributed by atoms with E-state index in [1.165, 1.54) is 16.9 Å².